The SMILES string of the molecule is CC1CCC(NC(=O)[C@H]2CCNC2)CC1.Cl. The van der Waals surface area contributed by atoms with Gasteiger partial charge in [-0.3, -0.25) is 4.79 Å². The molecule has 1 atom stereocenters. The van der Waals surface area contributed by atoms with E-state index in [9.17, 15) is 4.79 Å². The second-order valence-electron chi connectivity index (χ2n) is 5.16. The lowest BCUT2D eigenvalue weighted by atomic mass is 9.87. The lowest BCUT2D eigenvalue weighted by Crippen LogP contribution is -2.41. The standard InChI is InChI=1S/C12H22N2O.ClH/c1-9-2-4-11(5-3-9)14-12(15)10-6-7-13-8-10;/h9-11,13H,2-8H2,1H3,(H,14,15);1H/t9?,10-,11?;/m0./s1. The summed E-state index contributed by atoms with van der Waals surface area (Å²) in [5, 5.41) is 6.44. The molecule has 16 heavy (non-hydrogen) atoms. The van der Waals surface area contributed by atoms with Gasteiger partial charge in [0.15, 0.2) is 0 Å². The first-order valence-corrected chi connectivity index (χ1v) is 6.27. The largest absolute Gasteiger partial charge is 0.353 e. The van der Waals surface area contributed by atoms with Gasteiger partial charge < -0.3 is 10.6 Å². The average molecular weight is 247 g/mol. The Bertz CT molecular complexity index is 221. The zero-order chi connectivity index (χ0) is 10.7. The zero-order valence-electron chi connectivity index (χ0n) is 10.00. The monoisotopic (exact) mass is 246 g/mol. The molecule has 0 aromatic carbocycles. The van der Waals surface area contributed by atoms with Crippen molar-refractivity contribution in [2.75, 3.05) is 13.1 Å². The van der Waals surface area contributed by atoms with Gasteiger partial charge in [-0.25, -0.2) is 0 Å². The van der Waals surface area contributed by atoms with Crippen LogP contribution in [-0.2, 0) is 4.79 Å². The van der Waals surface area contributed by atoms with Crippen LogP contribution >= 0.6 is 12.4 Å². The Morgan fingerprint density at radius 3 is 2.44 bits per heavy atom. The number of carbonyl (C=O) groups excluding carboxylic acids is 1. The summed E-state index contributed by atoms with van der Waals surface area (Å²) in [6, 6.07) is 0.453. The second kappa shape index (κ2) is 6.45. The van der Waals surface area contributed by atoms with Crippen molar-refractivity contribution in [1.82, 2.24) is 10.6 Å². The van der Waals surface area contributed by atoms with E-state index in [1.165, 1.54) is 25.7 Å². The van der Waals surface area contributed by atoms with Crippen LogP contribution in [-0.4, -0.2) is 25.0 Å². The van der Waals surface area contributed by atoms with Crippen LogP contribution in [0.5, 0.6) is 0 Å². The van der Waals surface area contributed by atoms with Gasteiger partial charge in [-0.05, 0) is 44.6 Å². The molecule has 1 heterocycles. The Labute approximate surface area is 104 Å². The maximum Gasteiger partial charge on any atom is 0.224 e. The normalized spacial score (nSPS) is 34.2. The number of amides is 1. The summed E-state index contributed by atoms with van der Waals surface area (Å²) in [6.45, 7) is 4.17. The summed E-state index contributed by atoms with van der Waals surface area (Å²) in [4.78, 5) is 11.8. The molecule has 1 aliphatic heterocycles. The lowest BCUT2D eigenvalue weighted by molar-refractivity contribution is -0.125. The Morgan fingerprint density at radius 2 is 1.88 bits per heavy atom. The van der Waals surface area contributed by atoms with Gasteiger partial charge in [0, 0.05) is 12.6 Å². The van der Waals surface area contributed by atoms with Crippen LogP contribution in [0.4, 0.5) is 0 Å². The first-order valence-electron chi connectivity index (χ1n) is 6.27. The maximum atomic E-state index is 11.8. The summed E-state index contributed by atoms with van der Waals surface area (Å²) in [7, 11) is 0. The number of hydrogen-bond acceptors (Lipinski definition) is 2. The molecule has 0 aromatic heterocycles. The van der Waals surface area contributed by atoms with E-state index in [0.717, 1.165) is 25.4 Å². The third kappa shape index (κ3) is 3.63. The molecule has 0 aromatic rings. The van der Waals surface area contributed by atoms with Crippen LogP contribution in [0.2, 0.25) is 0 Å². The highest BCUT2D eigenvalue weighted by Gasteiger charge is 2.26. The third-order valence-electron chi connectivity index (χ3n) is 3.79. The van der Waals surface area contributed by atoms with Crippen molar-refractivity contribution in [2.24, 2.45) is 11.8 Å². The summed E-state index contributed by atoms with van der Waals surface area (Å²) >= 11 is 0. The third-order valence-corrected chi connectivity index (χ3v) is 3.79. The number of nitrogens with one attached hydrogen (secondary N) is 2. The molecular formula is C12H23ClN2O. The highest BCUT2D eigenvalue weighted by atomic mass is 35.5. The molecule has 2 fully saturated rings. The van der Waals surface area contributed by atoms with E-state index >= 15 is 0 Å². The molecule has 2 N–H and O–H groups in total. The van der Waals surface area contributed by atoms with E-state index in [0.29, 0.717) is 6.04 Å². The van der Waals surface area contributed by atoms with E-state index in [2.05, 4.69) is 17.6 Å². The molecule has 1 amide bonds. The molecule has 0 unspecified atom stereocenters. The Hall–Kier alpha value is -0.280. The van der Waals surface area contributed by atoms with Crippen LogP contribution in [0.1, 0.15) is 39.0 Å². The first kappa shape index (κ1) is 13.8. The van der Waals surface area contributed by atoms with Gasteiger partial charge >= 0.3 is 0 Å². The first-order chi connectivity index (χ1) is 7.25. The van der Waals surface area contributed by atoms with Crippen molar-refractivity contribution in [2.45, 2.75) is 45.1 Å². The summed E-state index contributed by atoms with van der Waals surface area (Å²) in [6.07, 6.45) is 5.90. The van der Waals surface area contributed by atoms with Gasteiger partial charge in [-0.2, -0.15) is 0 Å². The molecule has 0 spiro atoms. The Balaban J connectivity index is 0.00000128. The maximum absolute atomic E-state index is 11.8. The predicted octanol–water partition coefficient (Wildman–Crippen LogP) is 1.71. The number of halogens is 1. The highest BCUT2D eigenvalue weighted by molar-refractivity contribution is 5.85. The van der Waals surface area contributed by atoms with Gasteiger partial charge in [0.05, 0.1) is 5.92 Å². The molecule has 3 nitrogen and oxygen atoms in total. The second-order valence-corrected chi connectivity index (χ2v) is 5.16. The van der Waals surface area contributed by atoms with Crippen molar-refractivity contribution in [1.29, 1.82) is 0 Å². The summed E-state index contributed by atoms with van der Waals surface area (Å²) in [5.74, 6) is 1.36. The number of rotatable bonds is 2. The fourth-order valence-electron chi connectivity index (χ4n) is 2.60. The molecule has 2 rings (SSSR count). The van der Waals surface area contributed by atoms with Crippen LogP contribution in [0, 0.1) is 11.8 Å². The van der Waals surface area contributed by atoms with Crippen LogP contribution in [0.15, 0.2) is 0 Å². The number of carbonyl (C=O) groups is 1. The van der Waals surface area contributed by atoms with E-state index in [4.69, 9.17) is 0 Å². The highest BCUT2D eigenvalue weighted by Crippen LogP contribution is 2.23. The molecule has 94 valence electrons. The molecule has 0 bridgehead atoms. The van der Waals surface area contributed by atoms with E-state index < -0.39 is 0 Å². The van der Waals surface area contributed by atoms with Crippen molar-refractivity contribution in [3.05, 3.63) is 0 Å². The van der Waals surface area contributed by atoms with E-state index in [-0.39, 0.29) is 24.2 Å². The number of hydrogen-bond donors (Lipinski definition) is 2. The minimum atomic E-state index is 0. The smallest absolute Gasteiger partial charge is 0.224 e. The van der Waals surface area contributed by atoms with Crippen molar-refractivity contribution < 1.29 is 4.79 Å². The lowest BCUT2D eigenvalue weighted by Gasteiger charge is -2.27. The van der Waals surface area contributed by atoms with Crippen LogP contribution in [0.25, 0.3) is 0 Å². The molecule has 2 aliphatic rings. The Morgan fingerprint density at radius 1 is 1.19 bits per heavy atom. The van der Waals surface area contributed by atoms with Crippen molar-refractivity contribution >= 4 is 18.3 Å². The predicted molar refractivity (Wildman–Crippen MR) is 67.8 cm³/mol. The van der Waals surface area contributed by atoms with Crippen molar-refractivity contribution in [3.8, 4) is 0 Å². The molecule has 1 saturated heterocycles. The molecule has 1 saturated carbocycles. The fraction of sp³-hybridized carbons (Fsp3) is 0.917. The molecular weight excluding hydrogens is 224 g/mol. The molecule has 0 radical (unpaired) electrons. The Kier molecular flexibility index (Phi) is 5.56. The van der Waals surface area contributed by atoms with Gasteiger partial charge in [-0.15, -0.1) is 12.4 Å². The van der Waals surface area contributed by atoms with Gasteiger partial charge in [0.2, 0.25) is 5.91 Å². The molecule has 4 heteroatoms. The van der Waals surface area contributed by atoms with Crippen LogP contribution in [0.3, 0.4) is 0 Å². The zero-order valence-corrected chi connectivity index (χ0v) is 10.8. The van der Waals surface area contributed by atoms with Crippen LogP contribution < -0.4 is 10.6 Å². The minimum absolute atomic E-state index is 0. The molecule has 1 aliphatic carbocycles. The average Bonchev–Trinajstić information content (AvgIpc) is 2.74. The fourth-order valence-corrected chi connectivity index (χ4v) is 2.60. The van der Waals surface area contributed by atoms with E-state index in [1.807, 2.05) is 0 Å². The quantitative estimate of drug-likeness (QED) is 0.779. The summed E-state index contributed by atoms with van der Waals surface area (Å²) < 4.78 is 0. The van der Waals surface area contributed by atoms with Gasteiger partial charge in [0.25, 0.3) is 0 Å². The topological polar surface area (TPSA) is 41.1 Å². The van der Waals surface area contributed by atoms with E-state index in [1.54, 1.807) is 0 Å². The minimum Gasteiger partial charge on any atom is -0.353 e. The van der Waals surface area contributed by atoms with Gasteiger partial charge in [-0.1, -0.05) is 6.92 Å². The van der Waals surface area contributed by atoms with Crippen molar-refractivity contribution in [3.63, 3.8) is 0 Å². The summed E-state index contributed by atoms with van der Waals surface area (Å²) in [5.41, 5.74) is 0. The van der Waals surface area contributed by atoms with Gasteiger partial charge in [0.1, 0.15) is 0 Å².